The van der Waals surface area contributed by atoms with Gasteiger partial charge in [-0.05, 0) is 24.0 Å². The van der Waals surface area contributed by atoms with Gasteiger partial charge < -0.3 is 15.0 Å². The average molecular weight is 262 g/mol. The first-order valence-corrected chi connectivity index (χ1v) is 6.80. The van der Waals surface area contributed by atoms with Crippen molar-refractivity contribution in [2.75, 3.05) is 38.3 Å². The number of para-hydroxylation sites is 1. The van der Waals surface area contributed by atoms with Crippen LogP contribution in [0.4, 0.5) is 5.69 Å². The molecule has 0 radical (unpaired) electrons. The van der Waals surface area contributed by atoms with Crippen LogP contribution in [-0.4, -0.2) is 39.3 Å². The number of fused-ring (bicyclic) bond motifs is 1. The second-order valence-corrected chi connectivity index (χ2v) is 5.11. The SMILES string of the molecule is COCCNCC(=O)N1CC(C)Cc2ccccc21. The number of ether oxygens (including phenoxy) is 1. The van der Waals surface area contributed by atoms with Gasteiger partial charge in [-0.3, -0.25) is 4.79 Å². The molecule has 2 rings (SSSR count). The highest BCUT2D eigenvalue weighted by Crippen LogP contribution is 2.29. The van der Waals surface area contributed by atoms with E-state index in [0.29, 0.717) is 25.6 Å². The zero-order chi connectivity index (χ0) is 13.7. The van der Waals surface area contributed by atoms with Crippen LogP contribution in [-0.2, 0) is 16.0 Å². The third kappa shape index (κ3) is 3.55. The van der Waals surface area contributed by atoms with Crippen LogP contribution in [0.25, 0.3) is 0 Å². The highest BCUT2D eigenvalue weighted by Gasteiger charge is 2.25. The van der Waals surface area contributed by atoms with Crippen molar-refractivity contribution in [2.24, 2.45) is 5.92 Å². The molecule has 1 aliphatic heterocycles. The Morgan fingerprint density at radius 2 is 2.26 bits per heavy atom. The largest absolute Gasteiger partial charge is 0.383 e. The second-order valence-electron chi connectivity index (χ2n) is 5.11. The van der Waals surface area contributed by atoms with E-state index < -0.39 is 0 Å². The van der Waals surface area contributed by atoms with Crippen molar-refractivity contribution in [3.63, 3.8) is 0 Å². The molecule has 104 valence electrons. The molecule has 0 aliphatic carbocycles. The molecule has 0 aromatic heterocycles. The maximum Gasteiger partial charge on any atom is 0.240 e. The maximum atomic E-state index is 12.3. The third-order valence-electron chi connectivity index (χ3n) is 3.41. The number of rotatable bonds is 5. The molecule has 1 aromatic rings. The van der Waals surface area contributed by atoms with Crippen LogP contribution in [0.5, 0.6) is 0 Å². The Bertz CT molecular complexity index is 434. The maximum absolute atomic E-state index is 12.3. The lowest BCUT2D eigenvalue weighted by atomic mass is 9.94. The Labute approximate surface area is 114 Å². The Hall–Kier alpha value is -1.39. The fraction of sp³-hybridized carbons (Fsp3) is 0.533. The summed E-state index contributed by atoms with van der Waals surface area (Å²) in [7, 11) is 1.66. The third-order valence-corrected chi connectivity index (χ3v) is 3.41. The summed E-state index contributed by atoms with van der Waals surface area (Å²) in [5, 5.41) is 3.11. The Morgan fingerprint density at radius 3 is 3.05 bits per heavy atom. The highest BCUT2D eigenvalue weighted by molar-refractivity contribution is 5.96. The molecule has 1 aromatic carbocycles. The van der Waals surface area contributed by atoms with Gasteiger partial charge in [0.25, 0.3) is 0 Å². The molecule has 0 fully saturated rings. The number of methoxy groups -OCH3 is 1. The quantitative estimate of drug-likeness (QED) is 0.817. The van der Waals surface area contributed by atoms with Crippen molar-refractivity contribution in [2.45, 2.75) is 13.3 Å². The van der Waals surface area contributed by atoms with Gasteiger partial charge in [0.2, 0.25) is 5.91 Å². The fourth-order valence-electron chi connectivity index (χ4n) is 2.50. The first kappa shape index (κ1) is 14.0. The molecular weight excluding hydrogens is 240 g/mol. The number of hydrogen-bond acceptors (Lipinski definition) is 3. The van der Waals surface area contributed by atoms with Gasteiger partial charge in [-0.1, -0.05) is 25.1 Å². The summed E-state index contributed by atoms with van der Waals surface area (Å²) in [4.78, 5) is 14.2. The first-order chi connectivity index (χ1) is 9.22. The number of carbonyl (C=O) groups excluding carboxylic acids is 1. The molecule has 0 saturated heterocycles. The lowest BCUT2D eigenvalue weighted by Crippen LogP contribution is -2.44. The predicted molar refractivity (Wildman–Crippen MR) is 76.4 cm³/mol. The molecule has 0 saturated carbocycles. The van der Waals surface area contributed by atoms with Gasteiger partial charge in [-0.15, -0.1) is 0 Å². The fourth-order valence-corrected chi connectivity index (χ4v) is 2.50. The summed E-state index contributed by atoms with van der Waals surface area (Å²) in [6.45, 7) is 4.69. The summed E-state index contributed by atoms with van der Waals surface area (Å²) in [5.41, 5.74) is 2.34. The molecule has 1 heterocycles. The number of carbonyl (C=O) groups is 1. The number of anilines is 1. The number of hydrogen-bond donors (Lipinski definition) is 1. The zero-order valence-electron chi connectivity index (χ0n) is 11.7. The highest BCUT2D eigenvalue weighted by atomic mass is 16.5. The van der Waals surface area contributed by atoms with Crippen molar-refractivity contribution in [1.29, 1.82) is 0 Å². The van der Waals surface area contributed by atoms with Crippen LogP contribution < -0.4 is 10.2 Å². The van der Waals surface area contributed by atoms with Gasteiger partial charge in [-0.25, -0.2) is 0 Å². The minimum Gasteiger partial charge on any atom is -0.383 e. The van der Waals surface area contributed by atoms with Crippen LogP contribution in [0.1, 0.15) is 12.5 Å². The van der Waals surface area contributed by atoms with E-state index >= 15 is 0 Å². The Morgan fingerprint density at radius 1 is 1.47 bits per heavy atom. The van der Waals surface area contributed by atoms with Crippen LogP contribution in [0.15, 0.2) is 24.3 Å². The van der Waals surface area contributed by atoms with Crippen molar-refractivity contribution in [3.8, 4) is 0 Å². The van der Waals surface area contributed by atoms with Crippen molar-refractivity contribution < 1.29 is 9.53 Å². The van der Waals surface area contributed by atoms with Gasteiger partial charge >= 0.3 is 0 Å². The van der Waals surface area contributed by atoms with Crippen molar-refractivity contribution in [3.05, 3.63) is 29.8 Å². The van der Waals surface area contributed by atoms with E-state index in [2.05, 4.69) is 18.3 Å². The van der Waals surface area contributed by atoms with Gasteiger partial charge in [0.05, 0.1) is 13.2 Å². The number of nitrogens with one attached hydrogen (secondary N) is 1. The topological polar surface area (TPSA) is 41.6 Å². The molecule has 1 unspecified atom stereocenters. The molecule has 4 heteroatoms. The number of nitrogens with zero attached hydrogens (tertiary/aromatic N) is 1. The minimum absolute atomic E-state index is 0.134. The van der Waals surface area contributed by atoms with Gasteiger partial charge in [0.1, 0.15) is 0 Å². The lowest BCUT2D eigenvalue weighted by Gasteiger charge is -2.33. The summed E-state index contributed by atoms with van der Waals surface area (Å²) < 4.78 is 4.96. The molecule has 19 heavy (non-hydrogen) atoms. The van der Waals surface area contributed by atoms with Crippen molar-refractivity contribution in [1.82, 2.24) is 5.32 Å². The van der Waals surface area contributed by atoms with Crippen LogP contribution in [0, 0.1) is 5.92 Å². The lowest BCUT2D eigenvalue weighted by molar-refractivity contribution is -0.118. The van der Waals surface area contributed by atoms with E-state index in [9.17, 15) is 4.79 Å². The van der Waals surface area contributed by atoms with Gasteiger partial charge in [0.15, 0.2) is 0 Å². The molecule has 1 atom stereocenters. The standard InChI is InChI=1S/C15H22N2O2/c1-12-9-13-5-3-4-6-14(13)17(11-12)15(18)10-16-7-8-19-2/h3-6,12,16H,7-11H2,1-2H3. The van der Waals surface area contributed by atoms with E-state index in [1.807, 2.05) is 23.1 Å². The summed E-state index contributed by atoms with van der Waals surface area (Å²) in [6.07, 6.45) is 1.05. The summed E-state index contributed by atoms with van der Waals surface area (Å²) >= 11 is 0. The van der Waals surface area contributed by atoms with E-state index in [1.165, 1.54) is 5.56 Å². The second kappa shape index (κ2) is 6.68. The van der Waals surface area contributed by atoms with Gasteiger partial charge in [-0.2, -0.15) is 0 Å². The molecule has 0 spiro atoms. The van der Waals surface area contributed by atoms with Crippen LogP contribution in [0.3, 0.4) is 0 Å². The number of amides is 1. The Kier molecular flexibility index (Phi) is 4.93. The molecule has 0 bridgehead atoms. The zero-order valence-corrected chi connectivity index (χ0v) is 11.7. The monoisotopic (exact) mass is 262 g/mol. The smallest absolute Gasteiger partial charge is 0.240 e. The van der Waals surface area contributed by atoms with E-state index in [-0.39, 0.29) is 5.91 Å². The normalized spacial score (nSPS) is 18.2. The molecule has 1 aliphatic rings. The number of benzene rings is 1. The predicted octanol–water partition coefficient (Wildman–Crippen LogP) is 1.45. The van der Waals surface area contributed by atoms with Crippen LogP contribution >= 0.6 is 0 Å². The van der Waals surface area contributed by atoms with E-state index in [1.54, 1.807) is 7.11 Å². The molecule has 1 N–H and O–H groups in total. The van der Waals surface area contributed by atoms with E-state index in [4.69, 9.17) is 4.74 Å². The molecule has 1 amide bonds. The summed E-state index contributed by atoms with van der Waals surface area (Å²) in [6, 6.07) is 8.18. The van der Waals surface area contributed by atoms with Crippen molar-refractivity contribution >= 4 is 11.6 Å². The van der Waals surface area contributed by atoms with Gasteiger partial charge in [0, 0.05) is 25.9 Å². The van der Waals surface area contributed by atoms with Crippen LogP contribution in [0.2, 0.25) is 0 Å². The average Bonchev–Trinajstić information content (AvgIpc) is 2.42. The van der Waals surface area contributed by atoms with E-state index in [0.717, 1.165) is 18.7 Å². The summed E-state index contributed by atoms with van der Waals surface area (Å²) in [5.74, 6) is 0.646. The minimum atomic E-state index is 0.134. The molecular formula is C15H22N2O2. The molecule has 4 nitrogen and oxygen atoms in total. The Balaban J connectivity index is 2.01. The first-order valence-electron chi connectivity index (χ1n) is 6.80.